The molecule has 0 amide bonds. The van der Waals surface area contributed by atoms with Crippen LogP contribution in [0.15, 0.2) is 198 Å². The molecule has 0 saturated carbocycles. The maximum absolute atomic E-state index is 2.67. The van der Waals surface area contributed by atoms with Crippen molar-refractivity contribution in [3.63, 3.8) is 0 Å². The fraction of sp³-hybridized carbons (Fsp3) is 0.0741. The van der Waals surface area contributed by atoms with Crippen LogP contribution in [0.2, 0.25) is 0 Å². The summed E-state index contributed by atoms with van der Waals surface area (Å²) in [6.07, 6.45) is 0. The van der Waals surface area contributed by atoms with Crippen molar-refractivity contribution in [2.45, 2.75) is 36.0 Å². The van der Waals surface area contributed by atoms with Gasteiger partial charge in [0.05, 0.1) is 16.9 Å². The number of para-hydroxylation sites is 4. The molecule has 1 aromatic heterocycles. The highest BCUT2D eigenvalue weighted by Gasteiger charge is 2.47. The van der Waals surface area contributed by atoms with Crippen LogP contribution in [-0.4, -0.2) is 11.3 Å². The van der Waals surface area contributed by atoms with Crippen molar-refractivity contribution in [1.29, 1.82) is 0 Å². The number of hydrogen-bond donors (Lipinski definition) is 0. The van der Waals surface area contributed by atoms with E-state index in [4.69, 9.17) is 0 Å². The van der Waals surface area contributed by atoms with Gasteiger partial charge in [-0.15, -0.1) is 0 Å². The first-order chi connectivity index (χ1) is 29.0. The quantitative estimate of drug-likeness (QED) is 0.156. The van der Waals surface area contributed by atoms with Gasteiger partial charge in [-0.2, -0.15) is 0 Å². The van der Waals surface area contributed by atoms with Gasteiger partial charge in [-0.25, -0.2) is 0 Å². The van der Waals surface area contributed by atoms with Gasteiger partial charge in [-0.3, -0.25) is 0 Å². The summed E-state index contributed by atoms with van der Waals surface area (Å²) < 4.78 is 2.67. The van der Waals surface area contributed by atoms with Gasteiger partial charge in [0, 0.05) is 60.3 Å². The fourth-order valence-corrected chi connectivity index (χ4v) is 11.6. The van der Waals surface area contributed by atoms with E-state index in [1.807, 2.05) is 11.8 Å². The molecular formula is C54H40BN3S. The minimum atomic E-state index is -0.338. The Balaban J connectivity index is 1.20. The molecule has 280 valence electrons. The summed E-state index contributed by atoms with van der Waals surface area (Å²) in [5, 5.41) is 1.32. The number of fused-ring (bicyclic) bond motifs is 9. The second kappa shape index (κ2) is 12.9. The van der Waals surface area contributed by atoms with Crippen LogP contribution in [0, 0.1) is 6.92 Å². The lowest BCUT2D eigenvalue weighted by Gasteiger charge is -2.35. The van der Waals surface area contributed by atoms with E-state index in [1.54, 1.807) is 0 Å². The standard InChI is InChI=1S/C54H40BN3S/c1-35-32-46-51-48(33-35)59-47-27-17-16-26-43(47)55(51)44-30-31-45(57(38-22-12-6-13-23-38)39-24-14-7-15-25-39)49-50-52(58(46)53(44)49)41-29-28-40(34-42(41)54(50,2)3)56(36-18-8-4-9-19-36)37-20-10-5-11-21-37/h4-34H,1-3H3. The van der Waals surface area contributed by atoms with Crippen molar-refractivity contribution in [1.82, 2.24) is 4.57 Å². The molecule has 12 rings (SSSR count). The molecule has 59 heavy (non-hydrogen) atoms. The Kier molecular flexibility index (Phi) is 7.52. The molecule has 3 nitrogen and oxygen atoms in total. The zero-order valence-electron chi connectivity index (χ0n) is 33.2. The predicted molar refractivity (Wildman–Crippen MR) is 250 cm³/mol. The van der Waals surface area contributed by atoms with Gasteiger partial charge >= 0.3 is 0 Å². The zero-order chi connectivity index (χ0) is 39.4. The zero-order valence-corrected chi connectivity index (χ0v) is 34.0. The number of rotatable bonds is 6. The highest BCUT2D eigenvalue weighted by molar-refractivity contribution is 8.00. The molecular weight excluding hydrogens is 733 g/mol. The van der Waals surface area contributed by atoms with E-state index in [9.17, 15) is 0 Å². The number of hydrogen-bond acceptors (Lipinski definition) is 3. The molecule has 2 aliphatic heterocycles. The SMILES string of the molecule is Cc1cc2c3c(c1)-n1c4c(c5c(N(c6ccccc6)c6ccccc6)ccc(c51)B3c1ccccc1S2)C(C)(C)c1cc(N(c2ccccc2)c2ccccc2)ccc1-4. The van der Waals surface area contributed by atoms with E-state index in [-0.39, 0.29) is 12.1 Å². The molecule has 3 heterocycles. The second-order valence-corrected chi connectivity index (χ2v) is 17.7. The number of nitrogens with zero attached hydrogens (tertiary/aromatic N) is 3. The Morgan fingerprint density at radius 3 is 1.73 bits per heavy atom. The summed E-state index contributed by atoms with van der Waals surface area (Å²) in [6.45, 7) is 7.30. The van der Waals surface area contributed by atoms with Gasteiger partial charge in [-0.1, -0.05) is 134 Å². The highest BCUT2D eigenvalue weighted by atomic mass is 32.2. The van der Waals surface area contributed by atoms with E-state index < -0.39 is 0 Å². The molecule has 0 atom stereocenters. The summed E-state index contributed by atoms with van der Waals surface area (Å²) >= 11 is 1.93. The summed E-state index contributed by atoms with van der Waals surface area (Å²) in [6, 6.07) is 69.3. The lowest BCUT2D eigenvalue weighted by molar-refractivity contribution is 0.666. The summed E-state index contributed by atoms with van der Waals surface area (Å²) in [7, 11) is 0. The summed E-state index contributed by atoms with van der Waals surface area (Å²) in [5.74, 6) is 0. The van der Waals surface area contributed by atoms with Crippen molar-refractivity contribution < 1.29 is 0 Å². The smallest absolute Gasteiger partial charge is 0.249 e. The third-order valence-electron chi connectivity index (χ3n) is 12.8. The Morgan fingerprint density at radius 1 is 0.525 bits per heavy atom. The summed E-state index contributed by atoms with van der Waals surface area (Å²) in [4.78, 5) is 7.57. The van der Waals surface area contributed by atoms with Gasteiger partial charge in [0.2, 0.25) is 6.71 Å². The molecule has 0 radical (unpaired) electrons. The van der Waals surface area contributed by atoms with E-state index in [0.717, 1.165) is 28.4 Å². The Labute approximate surface area is 350 Å². The van der Waals surface area contributed by atoms with Crippen LogP contribution >= 0.6 is 11.8 Å². The van der Waals surface area contributed by atoms with Crippen molar-refractivity contribution in [2.75, 3.05) is 9.80 Å². The third kappa shape index (κ3) is 4.98. The lowest BCUT2D eigenvalue weighted by Crippen LogP contribution is -2.58. The largest absolute Gasteiger partial charge is 0.310 e. The average Bonchev–Trinajstić information content (AvgIpc) is 3.75. The molecule has 1 aliphatic carbocycles. The summed E-state index contributed by atoms with van der Waals surface area (Å²) in [5.41, 5.74) is 20.0. The van der Waals surface area contributed by atoms with Gasteiger partial charge in [0.25, 0.3) is 0 Å². The molecule has 0 bridgehead atoms. The molecule has 5 heteroatoms. The molecule has 0 unspecified atom stereocenters. The van der Waals surface area contributed by atoms with E-state index in [0.29, 0.717) is 0 Å². The number of benzene rings is 8. The molecule has 0 spiro atoms. The van der Waals surface area contributed by atoms with Crippen LogP contribution < -0.4 is 26.2 Å². The lowest BCUT2D eigenvalue weighted by atomic mass is 9.35. The van der Waals surface area contributed by atoms with E-state index in [2.05, 4.69) is 223 Å². The van der Waals surface area contributed by atoms with Crippen LogP contribution in [0.5, 0.6) is 0 Å². The maximum Gasteiger partial charge on any atom is 0.249 e. The van der Waals surface area contributed by atoms with Crippen LogP contribution in [-0.2, 0) is 5.41 Å². The molecule has 0 saturated heterocycles. The van der Waals surface area contributed by atoms with Crippen molar-refractivity contribution >= 4 is 79.9 Å². The van der Waals surface area contributed by atoms with Gasteiger partial charge < -0.3 is 14.4 Å². The highest BCUT2D eigenvalue weighted by Crippen LogP contribution is 2.58. The van der Waals surface area contributed by atoms with Gasteiger partial charge in [0.15, 0.2) is 0 Å². The molecule has 0 N–H and O–H groups in total. The predicted octanol–water partition coefficient (Wildman–Crippen LogP) is 12.5. The fourth-order valence-electron chi connectivity index (χ4n) is 10.4. The monoisotopic (exact) mass is 773 g/mol. The molecule has 0 fully saturated rings. The number of aromatic nitrogens is 1. The van der Waals surface area contributed by atoms with Crippen LogP contribution in [0.3, 0.4) is 0 Å². The minimum Gasteiger partial charge on any atom is -0.310 e. The number of aryl methyl sites for hydroxylation is 1. The van der Waals surface area contributed by atoms with Gasteiger partial charge in [-0.05, 0) is 119 Å². The molecule has 9 aromatic rings. The Hall–Kier alpha value is -6.69. The number of anilines is 6. The topological polar surface area (TPSA) is 11.4 Å². The third-order valence-corrected chi connectivity index (χ3v) is 13.9. The van der Waals surface area contributed by atoms with Crippen LogP contribution in [0.1, 0.15) is 30.5 Å². The van der Waals surface area contributed by atoms with Crippen LogP contribution in [0.4, 0.5) is 34.1 Å². The van der Waals surface area contributed by atoms with Crippen LogP contribution in [0.25, 0.3) is 27.8 Å². The van der Waals surface area contributed by atoms with Gasteiger partial charge in [0.1, 0.15) is 0 Å². The first-order valence-corrected chi connectivity index (χ1v) is 21.4. The van der Waals surface area contributed by atoms with Crippen molar-refractivity contribution in [3.05, 3.63) is 205 Å². The normalized spacial score (nSPS) is 13.7. The van der Waals surface area contributed by atoms with Crippen molar-refractivity contribution in [2.24, 2.45) is 0 Å². The van der Waals surface area contributed by atoms with E-state index >= 15 is 0 Å². The van der Waals surface area contributed by atoms with Crippen molar-refractivity contribution in [3.8, 4) is 16.9 Å². The molecule has 3 aliphatic rings. The Morgan fingerprint density at radius 2 is 1.10 bits per heavy atom. The first kappa shape index (κ1) is 34.4. The minimum absolute atomic E-state index is 0.134. The molecule has 8 aromatic carbocycles. The maximum atomic E-state index is 2.67. The van der Waals surface area contributed by atoms with E-state index in [1.165, 1.54) is 76.4 Å². The average molecular weight is 774 g/mol. The Bertz CT molecular complexity index is 3040. The second-order valence-electron chi connectivity index (χ2n) is 16.6. The first-order valence-electron chi connectivity index (χ1n) is 20.6.